The second-order valence-corrected chi connectivity index (χ2v) is 6.42. The molecule has 0 spiro atoms. The van der Waals surface area contributed by atoms with E-state index >= 15 is 4.39 Å². The second kappa shape index (κ2) is 6.43. The first-order chi connectivity index (χ1) is 12.9. The van der Waals surface area contributed by atoms with Gasteiger partial charge in [0.1, 0.15) is 11.3 Å². The molecule has 0 fully saturated rings. The third kappa shape index (κ3) is 3.01. The molecule has 0 aliphatic heterocycles. The summed E-state index contributed by atoms with van der Waals surface area (Å²) in [5.74, 6) is -1.47. The van der Waals surface area contributed by atoms with E-state index in [2.05, 4.69) is 41.6 Å². The summed E-state index contributed by atoms with van der Waals surface area (Å²) in [5, 5.41) is 17.8. The molecule has 0 amide bonds. The number of benzene rings is 2. The van der Waals surface area contributed by atoms with Crippen molar-refractivity contribution in [2.75, 3.05) is 16.8 Å². The molecule has 4 rings (SSSR count). The van der Waals surface area contributed by atoms with E-state index < -0.39 is 11.6 Å². The van der Waals surface area contributed by atoms with Gasteiger partial charge in [-0.1, -0.05) is 21.0 Å². The fraction of sp³-hybridized carbons (Fsp3) is 0. The molecule has 0 aliphatic carbocycles. The molecule has 2 aromatic carbocycles. The van der Waals surface area contributed by atoms with Gasteiger partial charge in [0.2, 0.25) is 0 Å². The molecular formula is C16H10BrF2N7O. The molecule has 0 atom stereocenters. The number of nitrogens with two attached hydrogens (primary N) is 2. The van der Waals surface area contributed by atoms with Crippen molar-refractivity contribution in [3.63, 3.8) is 0 Å². The highest BCUT2D eigenvalue weighted by Crippen LogP contribution is 2.38. The number of nitrogens with one attached hydrogen (secondary N) is 1. The third-order valence-electron chi connectivity index (χ3n) is 3.77. The Kier molecular flexibility index (Phi) is 4.07. The van der Waals surface area contributed by atoms with Gasteiger partial charge in [0.15, 0.2) is 5.82 Å². The maximum Gasteiger partial charge on any atom is 0.313 e. The van der Waals surface area contributed by atoms with E-state index in [0.717, 1.165) is 0 Å². The number of nitrogens with zero attached hydrogens (tertiary/aromatic N) is 4. The van der Waals surface area contributed by atoms with E-state index in [-0.39, 0.29) is 45.4 Å². The van der Waals surface area contributed by atoms with Crippen LogP contribution in [-0.4, -0.2) is 20.4 Å². The van der Waals surface area contributed by atoms with Crippen LogP contribution in [0.15, 0.2) is 39.4 Å². The number of hydrogen-bond acceptors (Lipinski definition) is 8. The summed E-state index contributed by atoms with van der Waals surface area (Å²) in [4.78, 5) is 0. The Labute approximate surface area is 158 Å². The Hall–Kier alpha value is -3.34. The third-order valence-corrected chi connectivity index (χ3v) is 4.26. The van der Waals surface area contributed by atoms with E-state index in [1.807, 2.05) is 0 Å². The zero-order valence-electron chi connectivity index (χ0n) is 13.4. The predicted molar refractivity (Wildman–Crippen MR) is 99.0 cm³/mol. The summed E-state index contributed by atoms with van der Waals surface area (Å²) in [6, 6.07) is 5.58. The van der Waals surface area contributed by atoms with Gasteiger partial charge in [0, 0.05) is 9.86 Å². The van der Waals surface area contributed by atoms with E-state index in [1.54, 1.807) is 6.07 Å². The number of hydrogen-bond donors (Lipinski definition) is 3. The number of anilines is 4. The van der Waals surface area contributed by atoms with Crippen LogP contribution in [0, 0.1) is 11.6 Å². The van der Waals surface area contributed by atoms with E-state index in [0.29, 0.717) is 4.47 Å². The van der Waals surface area contributed by atoms with Crippen molar-refractivity contribution < 1.29 is 13.2 Å². The Balaban J connectivity index is 1.98. The molecule has 0 bridgehead atoms. The van der Waals surface area contributed by atoms with Gasteiger partial charge >= 0.3 is 6.01 Å². The van der Waals surface area contributed by atoms with Gasteiger partial charge in [-0.15, -0.1) is 10.2 Å². The van der Waals surface area contributed by atoms with Gasteiger partial charge in [-0.3, -0.25) is 0 Å². The Bertz CT molecular complexity index is 1180. The minimum Gasteiger partial charge on any atom is -0.403 e. The van der Waals surface area contributed by atoms with Gasteiger partial charge in [0.25, 0.3) is 5.89 Å². The van der Waals surface area contributed by atoms with Crippen molar-refractivity contribution in [3.05, 3.63) is 46.6 Å². The highest BCUT2D eigenvalue weighted by molar-refractivity contribution is 9.10. The molecule has 136 valence electrons. The minimum atomic E-state index is -0.804. The first-order valence-corrected chi connectivity index (χ1v) is 8.28. The number of nitrogen functional groups attached to an aromatic ring is 2. The first kappa shape index (κ1) is 17.1. The summed E-state index contributed by atoms with van der Waals surface area (Å²) >= 11 is 3.17. The lowest BCUT2D eigenvalue weighted by atomic mass is 10.1. The highest BCUT2D eigenvalue weighted by Gasteiger charge is 2.22. The van der Waals surface area contributed by atoms with Crippen LogP contribution in [0.25, 0.3) is 22.4 Å². The molecule has 8 nitrogen and oxygen atoms in total. The summed E-state index contributed by atoms with van der Waals surface area (Å²) in [7, 11) is 0. The Morgan fingerprint density at radius 2 is 1.89 bits per heavy atom. The molecule has 4 aromatic rings. The smallest absolute Gasteiger partial charge is 0.313 e. The molecule has 27 heavy (non-hydrogen) atoms. The molecule has 5 N–H and O–H groups in total. The van der Waals surface area contributed by atoms with Gasteiger partial charge < -0.3 is 21.2 Å². The zero-order valence-corrected chi connectivity index (χ0v) is 15.0. The maximum absolute atomic E-state index is 15.2. The van der Waals surface area contributed by atoms with Crippen LogP contribution >= 0.6 is 15.9 Å². The van der Waals surface area contributed by atoms with Crippen LogP contribution in [0.3, 0.4) is 0 Å². The van der Waals surface area contributed by atoms with Crippen molar-refractivity contribution in [3.8, 4) is 11.5 Å². The first-order valence-electron chi connectivity index (χ1n) is 7.49. The number of fused-ring (bicyclic) bond motifs is 1. The van der Waals surface area contributed by atoms with E-state index in [4.69, 9.17) is 15.9 Å². The summed E-state index contributed by atoms with van der Waals surface area (Å²) in [5.41, 5.74) is 11.5. The Morgan fingerprint density at radius 3 is 2.59 bits per heavy atom. The van der Waals surface area contributed by atoms with E-state index in [9.17, 15) is 4.39 Å². The van der Waals surface area contributed by atoms with Crippen LogP contribution in [0.5, 0.6) is 0 Å². The topological polar surface area (TPSA) is 129 Å². The molecule has 0 unspecified atom stereocenters. The van der Waals surface area contributed by atoms with Crippen LogP contribution in [-0.2, 0) is 0 Å². The molecule has 0 saturated heterocycles. The van der Waals surface area contributed by atoms with Gasteiger partial charge in [-0.2, -0.15) is 5.10 Å². The number of aromatic nitrogens is 4. The van der Waals surface area contributed by atoms with Crippen molar-refractivity contribution >= 4 is 49.9 Å². The predicted octanol–water partition coefficient (Wildman–Crippen LogP) is 3.63. The normalized spacial score (nSPS) is 11.1. The zero-order chi connectivity index (χ0) is 19.1. The summed E-state index contributed by atoms with van der Waals surface area (Å²) in [6.07, 6.45) is 1.29. The van der Waals surface area contributed by atoms with Gasteiger partial charge in [-0.05, 0) is 24.3 Å². The van der Waals surface area contributed by atoms with E-state index in [1.165, 1.54) is 24.4 Å². The quantitative estimate of drug-likeness (QED) is 0.446. The number of rotatable bonds is 3. The minimum absolute atomic E-state index is 0.0297. The second-order valence-electron chi connectivity index (χ2n) is 5.50. The monoisotopic (exact) mass is 433 g/mol. The molecule has 2 aromatic heterocycles. The van der Waals surface area contributed by atoms with Crippen LogP contribution in [0.1, 0.15) is 0 Å². The van der Waals surface area contributed by atoms with Gasteiger partial charge in [-0.25, -0.2) is 8.78 Å². The van der Waals surface area contributed by atoms with Gasteiger partial charge in [0.05, 0.1) is 28.8 Å². The molecule has 0 radical (unpaired) electrons. The van der Waals surface area contributed by atoms with Crippen molar-refractivity contribution in [1.29, 1.82) is 0 Å². The molecule has 0 aliphatic rings. The SMILES string of the molecule is Nc1nnc(-c2cc3c(N)cnnc3c(F)c2Nc2ccc(Br)cc2F)o1. The lowest BCUT2D eigenvalue weighted by Crippen LogP contribution is -2.03. The average Bonchev–Trinajstić information content (AvgIpc) is 3.06. The molecular weight excluding hydrogens is 424 g/mol. The van der Waals surface area contributed by atoms with Crippen molar-refractivity contribution in [2.45, 2.75) is 0 Å². The lowest BCUT2D eigenvalue weighted by Gasteiger charge is -2.14. The Morgan fingerprint density at radius 1 is 1.07 bits per heavy atom. The van der Waals surface area contributed by atoms with Crippen LogP contribution < -0.4 is 16.8 Å². The largest absolute Gasteiger partial charge is 0.403 e. The average molecular weight is 434 g/mol. The van der Waals surface area contributed by atoms with Crippen LogP contribution in [0.4, 0.5) is 31.9 Å². The molecule has 11 heteroatoms. The summed E-state index contributed by atoms with van der Waals surface area (Å²) in [6.45, 7) is 0. The highest BCUT2D eigenvalue weighted by atomic mass is 79.9. The van der Waals surface area contributed by atoms with Crippen molar-refractivity contribution in [2.24, 2.45) is 0 Å². The number of halogens is 3. The lowest BCUT2D eigenvalue weighted by molar-refractivity contribution is 0.588. The summed E-state index contributed by atoms with van der Waals surface area (Å²) < 4.78 is 35.2. The fourth-order valence-electron chi connectivity index (χ4n) is 2.54. The fourth-order valence-corrected chi connectivity index (χ4v) is 2.87. The maximum atomic E-state index is 15.2. The standard InChI is InChI=1S/C16H10BrF2N7O/c17-6-1-2-11(9(18)3-6)23-13-8(15-25-26-16(21)27-15)4-7-10(20)5-22-24-14(7)12(13)19/h1-5,23H,(H2,20,24)(H2,21,26). The van der Waals surface area contributed by atoms with Crippen molar-refractivity contribution in [1.82, 2.24) is 20.4 Å². The molecule has 0 saturated carbocycles. The van der Waals surface area contributed by atoms with Crippen LogP contribution in [0.2, 0.25) is 0 Å². The molecule has 2 heterocycles.